The van der Waals surface area contributed by atoms with Gasteiger partial charge in [0.05, 0.1) is 5.69 Å². The van der Waals surface area contributed by atoms with Crippen molar-refractivity contribution in [2.24, 2.45) is 5.92 Å². The van der Waals surface area contributed by atoms with Crippen molar-refractivity contribution in [3.05, 3.63) is 52.3 Å². The van der Waals surface area contributed by atoms with Gasteiger partial charge in [0.2, 0.25) is 0 Å². The van der Waals surface area contributed by atoms with Crippen molar-refractivity contribution in [3.8, 4) is 11.5 Å². The van der Waals surface area contributed by atoms with E-state index in [1.807, 2.05) is 0 Å². The van der Waals surface area contributed by atoms with Gasteiger partial charge in [0.25, 0.3) is 0 Å². The van der Waals surface area contributed by atoms with Crippen LogP contribution in [-0.2, 0) is 0 Å². The van der Waals surface area contributed by atoms with Gasteiger partial charge < -0.3 is 19.7 Å². The maximum absolute atomic E-state index is 13.1. The normalized spacial score (nSPS) is 18.6. The molecule has 1 aromatic heterocycles. The van der Waals surface area contributed by atoms with Gasteiger partial charge in [-0.15, -0.1) is 8.78 Å². The number of ether oxygens (including phenoxy) is 2. The Balaban J connectivity index is 1.85. The molecule has 0 radical (unpaired) electrons. The first kappa shape index (κ1) is 18.0. The summed E-state index contributed by atoms with van der Waals surface area (Å²) in [6, 6.07) is 7.83. The molecule has 8 heteroatoms. The Bertz CT molecular complexity index is 774. The molecule has 134 valence electrons. The number of benzene rings is 1. The summed E-state index contributed by atoms with van der Waals surface area (Å²) in [5, 5.41) is 20.4. The molecule has 0 fully saturated rings. The molecule has 2 aromatic rings. The lowest BCUT2D eigenvalue weighted by Crippen LogP contribution is -2.26. The second-order valence-electron chi connectivity index (χ2n) is 5.85. The highest BCUT2D eigenvalue weighted by molar-refractivity contribution is 9.10. The van der Waals surface area contributed by atoms with Crippen LogP contribution in [0.15, 0.2) is 41.0 Å². The van der Waals surface area contributed by atoms with Crippen LogP contribution in [-0.4, -0.2) is 28.1 Å². The van der Waals surface area contributed by atoms with E-state index in [0.717, 1.165) is 4.47 Å². The number of rotatable bonds is 5. The number of aliphatic hydroxyl groups is 2. The number of fused-ring (bicyclic) bond motifs is 1. The molecule has 1 aliphatic rings. The Labute approximate surface area is 151 Å². The second-order valence-corrected chi connectivity index (χ2v) is 6.77. The number of alkyl halides is 2. The standard InChI is InChI=1S/C17H16BrF2NO4/c1-9(10-2-3-14-15(6-10)25-17(19,20)24-14)12(8-22)16(23)13-7-11(18)4-5-21-13/h2-7,9,12,16,22-23H,8H2,1H3. The van der Waals surface area contributed by atoms with Crippen LogP contribution in [0.5, 0.6) is 11.5 Å². The molecule has 0 bridgehead atoms. The van der Waals surface area contributed by atoms with Crippen LogP contribution < -0.4 is 9.47 Å². The lowest BCUT2D eigenvalue weighted by molar-refractivity contribution is -0.286. The number of halogens is 3. The number of pyridine rings is 1. The summed E-state index contributed by atoms with van der Waals surface area (Å²) in [4.78, 5) is 4.13. The van der Waals surface area contributed by atoms with Crippen LogP contribution in [0.25, 0.3) is 0 Å². The second kappa shape index (κ2) is 6.86. The van der Waals surface area contributed by atoms with E-state index in [4.69, 9.17) is 0 Å². The van der Waals surface area contributed by atoms with E-state index < -0.39 is 18.3 Å². The van der Waals surface area contributed by atoms with E-state index in [-0.39, 0.29) is 24.0 Å². The van der Waals surface area contributed by atoms with Gasteiger partial charge in [-0.2, -0.15) is 0 Å². The zero-order valence-electron chi connectivity index (χ0n) is 13.2. The molecule has 0 amide bonds. The molecule has 3 rings (SSSR count). The zero-order valence-corrected chi connectivity index (χ0v) is 14.8. The van der Waals surface area contributed by atoms with E-state index >= 15 is 0 Å². The quantitative estimate of drug-likeness (QED) is 0.780. The number of aliphatic hydroxyl groups excluding tert-OH is 2. The van der Waals surface area contributed by atoms with Crippen LogP contribution >= 0.6 is 15.9 Å². The minimum absolute atomic E-state index is 0.0456. The van der Waals surface area contributed by atoms with E-state index in [1.165, 1.54) is 12.1 Å². The summed E-state index contributed by atoms with van der Waals surface area (Å²) in [6.45, 7) is 1.49. The Morgan fingerprint density at radius 3 is 2.60 bits per heavy atom. The smallest absolute Gasteiger partial charge is 0.396 e. The monoisotopic (exact) mass is 415 g/mol. The molecule has 5 nitrogen and oxygen atoms in total. The Kier molecular flexibility index (Phi) is 4.95. The molecule has 0 spiro atoms. The summed E-state index contributed by atoms with van der Waals surface area (Å²) < 4.78 is 35.9. The minimum Gasteiger partial charge on any atom is -0.396 e. The predicted octanol–water partition coefficient (Wildman–Crippen LogP) is 3.61. The molecule has 1 aromatic carbocycles. The highest BCUT2D eigenvalue weighted by Crippen LogP contribution is 2.44. The molecule has 3 unspecified atom stereocenters. The fourth-order valence-electron chi connectivity index (χ4n) is 2.83. The van der Waals surface area contributed by atoms with E-state index in [9.17, 15) is 19.0 Å². The summed E-state index contributed by atoms with van der Waals surface area (Å²) >= 11 is 3.31. The van der Waals surface area contributed by atoms with Gasteiger partial charge in [-0.25, -0.2) is 0 Å². The molecular formula is C17H16BrF2NO4. The van der Waals surface area contributed by atoms with E-state index in [0.29, 0.717) is 11.3 Å². The van der Waals surface area contributed by atoms with Gasteiger partial charge >= 0.3 is 6.29 Å². The maximum atomic E-state index is 13.1. The van der Waals surface area contributed by atoms with Crippen molar-refractivity contribution in [2.45, 2.75) is 25.2 Å². The average molecular weight is 416 g/mol. The largest absolute Gasteiger partial charge is 0.586 e. The van der Waals surface area contributed by atoms with Gasteiger partial charge in [0, 0.05) is 23.2 Å². The number of nitrogens with zero attached hydrogens (tertiary/aromatic N) is 1. The van der Waals surface area contributed by atoms with Crippen LogP contribution in [0.3, 0.4) is 0 Å². The zero-order chi connectivity index (χ0) is 18.2. The van der Waals surface area contributed by atoms with Gasteiger partial charge in [-0.3, -0.25) is 4.98 Å². The third kappa shape index (κ3) is 3.75. The van der Waals surface area contributed by atoms with Gasteiger partial charge in [0.15, 0.2) is 11.5 Å². The molecular weight excluding hydrogens is 400 g/mol. The summed E-state index contributed by atoms with van der Waals surface area (Å²) in [5.41, 5.74) is 1.04. The number of hydrogen-bond acceptors (Lipinski definition) is 5. The highest BCUT2D eigenvalue weighted by atomic mass is 79.9. The molecule has 0 saturated heterocycles. The highest BCUT2D eigenvalue weighted by Gasteiger charge is 2.43. The molecule has 1 aliphatic heterocycles. The third-order valence-electron chi connectivity index (χ3n) is 4.26. The summed E-state index contributed by atoms with van der Waals surface area (Å²) in [6.07, 6.45) is -3.16. The van der Waals surface area contributed by atoms with Crippen molar-refractivity contribution in [1.82, 2.24) is 4.98 Å². The maximum Gasteiger partial charge on any atom is 0.586 e. The van der Waals surface area contributed by atoms with Gasteiger partial charge in [-0.1, -0.05) is 28.9 Å². The van der Waals surface area contributed by atoms with Crippen LogP contribution in [0.4, 0.5) is 8.78 Å². The minimum atomic E-state index is -3.68. The lowest BCUT2D eigenvalue weighted by atomic mass is 9.83. The van der Waals surface area contributed by atoms with Crippen LogP contribution in [0.2, 0.25) is 0 Å². The summed E-state index contributed by atoms with van der Waals surface area (Å²) in [5.74, 6) is -1.04. The fourth-order valence-corrected chi connectivity index (χ4v) is 3.18. The first-order valence-corrected chi connectivity index (χ1v) is 8.40. The number of aromatic nitrogens is 1. The fraction of sp³-hybridized carbons (Fsp3) is 0.353. The first-order valence-electron chi connectivity index (χ1n) is 7.61. The molecule has 0 aliphatic carbocycles. The SMILES string of the molecule is CC(c1ccc2c(c1)OC(F)(F)O2)C(CO)C(O)c1cc(Br)ccn1. The van der Waals surface area contributed by atoms with Crippen molar-refractivity contribution in [1.29, 1.82) is 0 Å². The first-order chi connectivity index (χ1) is 11.8. The summed E-state index contributed by atoms with van der Waals surface area (Å²) in [7, 11) is 0. The van der Waals surface area contributed by atoms with E-state index in [1.54, 1.807) is 31.3 Å². The van der Waals surface area contributed by atoms with Crippen molar-refractivity contribution >= 4 is 15.9 Å². The Morgan fingerprint density at radius 2 is 1.92 bits per heavy atom. The van der Waals surface area contributed by atoms with Crippen LogP contribution in [0, 0.1) is 5.92 Å². The van der Waals surface area contributed by atoms with Gasteiger partial charge in [0.1, 0.15) is 6.10 Å². The molecule has 25 heavy (non-hydrogen) atoms. The Morgan fingerprint density at radius 1 is 1.20 bits per heavy atom. The predicted molar refractivity (Wildman–Crippen MR) is 88.5 cm³/mol. The Hall–Kier alpha value is -1.77. The van der Waals surface area contributed by atoms with Gasteiger partial charge in [-0.05, 0) is 35.7 Å². The van der Waals surface area contributed by atoms with E-state index in [2.05, 4.69) is 30.4 Å². The van der Waals surface area contributed by atoms with Crippen LogP contribution in [0.1, 0.15) is 30.2 Å². The molecule has 2 heterocycles. The molecule has 3 atom stereocenters. The number of hydrogen-bond donors (Lipinski definition) is 2. The average Bonchev–Trinajstić information content (AvgIpc) is 2.88. The topological polar surface area (TPSA) is 71.8 Å². The lowest BCUT2D eigenvalue weighted by Gasteiger charge is -2.27. The van der Waals surface area contributed by atoms with Crippen molar-refractivity contribution in [2.75, 3.05) is 6.61 Å². The third-order valence-corrected chi connectivity index (χ3v) is 4.75. The molecule has 2 N–H and O–H groups in total. The van der Waals surface area contributed by atoms with Crippen molar-refractivity contribution in [3.63, 3.8) is 0 Å². The molecule has 0 saturated carbocycles. The van der Waals surface area contributed by atoms with Crippen molar-refractivity contribution < 1.29 is 28.5 Å².